The molecule has 5 rings (SSSR count). The van der Waals surface area contributed by atoms with Gasteiger partial charge >= 0.3 is 0 Å². The summed E-state index contributed by atoms with van der Waals surface area (Å²) < 4.78 is 5.72. The number of carbonyl (C=O) groups excluding carboxylic acids is 4. The fourth-order valence-corrected chi connectivity index (χ4v) is 4.27. The zero-order chi connectivity index (χ0) is 22.4. The number of hydrogen-bond donors (Lipinski definition) is 2. The minimum atomic E-state index is -0.668. The molecule has 1 saturated heterocycles. The van der Waals surface area contributed by atoms with Gasteiger partial charge in [0.15, 0.2) is 0 Å². The van der Waals surface area contributed by atoms with Gasteiger partial charge < -0.3 is 15.0 Å². The Bertz CT molecular complexity index is 1220. The molecule has 0 spiro atoms. The van der Waals surface area contributed by atoms with Crippen LogP contribution in [0.4, 0.5) is 5.69 Å². The highest BCUT2D eigenvalue weighted by molar-refractivity contribution is 6.08. The van der Waals surface area contributed by atoms with Crippen LogP contribution < -0.4 is 15.4 Å². The normalized spacial score (nSPS) is 19.5. The Morgan fingerprint density at radius 2 is 2.00 bits per heavy atom. The number of hydrogen-bond acceptors (Lipinski definition) is 5. The molecule has 32 heavy (non-hydrogen) atoms. The number of fused-ring (bicyclic) bond motifs is 2. The van der Waals surface area contributed by atoms with Crippen LogP contribution in [0.2, 0.25) is 0 Å². The zero-order valence-corrected chi connectivity index (χ0v) is 17.4. The van der Waals surface area contributed by atoms with E-state index in [0.717, 1.165) is 22.4 Å². The number of piperidine rings is 1. The van der Waals surface area contributed by atoms with Gasteiger partial charge in [0.25, 0.3) is 11.8 Å². The van der Waals surface area contributed by atoms with E-state index < -0.39 is 11.9 Å². The lowest BCUT2D eigenvalue weighted by Gasteiger charge is -2.29. The van der Waals surface area contributed by atoms with Crippen LogP contribution in [0.25, 0.3) is 6.08 Å². The highest BCUT2D eigenvalue weighted by Crippen LogP contribution is 2.31. The summed E-state index contributed by atoms with van der Waals surface area (Å²) in [5.41, 5.74) is 4.23. The molecule has 3 aliphatic rings. The molecule has 2 aromatic carbocycles. The second-order valence-electron chi connectivity index (χ2n) is 8.23. The number of imide groups is 1. The van der Waals surface area contributed by atoms with Gasteiger partial charge in [0.2, 0.25) is 11.8 Å². The van der Waals surface area contributed by atoms with E-state index >= 15 is 0 Å². The molecule has 1 unspecified atom stereocenters. The number of benzene rings is 2. The van der Waals surface area contributed by atoms with E-state index in [0.29, 0.717) is 23.2 Å². The maximum Gasteiger partial charge on any atom is 0.255 e. The molecule has 2 aromatic rings. The molecule has 162 valence electrons. The third-order valence-corrected chi connectivity index (χ3v) is 5.96. The number of carbonyl (C=O) groups is 4. The summed E-state index contributed by atoms with van der Waals surface area (Å²) in [6, 6.07) is 10.2. The van der Waals surface area contributed by atoms with Crippen LogP contribution in [0, 0.1) is 6.92 Å². The number of ether oxygens (including phenoxy) is 1. The summed E-state index contributed by atoms with van der Waals surface area (Å²) in [7, 11) is 0. The Morgan fingerprint density at radius 1 is 1.16 bits per heavy atom. The van der Waals surface area contributed by atoms with Gasteiger partial charge in [-0.3, -0.25) is 24.5 Å². The summed E-state index contributed by atoms with van der Waals surface area (Å²) in [6.07, 6.45) is 2.33. The molecule has 8 heteroatoms. The van der Waals surface area contributed by atoms with Crippen LogP contribution in [-0.4, -0.2) is 41.2 Å². The van der Waals surface area contributed by atoms with Crippen molar-refractivity contribution in [1.82, 2.24) is 10.2 Å². The predicted octanol–water partition coefficient (Wildman–Crippen LogP) is 2.17. The lowest BCUT2D eigenvalue weighted by atomic mass is 10.0. The highest BCUT2D eigenvalue weighted by atomic mass is 16.5. The van der Waals surface area contributed by atoms with Crippen LogP contribution in [0.15, 0.2) is 42.0 Å². The Balaban J connectivity index is 1.31. The van der Waals surface area contributed by atoms with Gasteiger partial charge in [-0.15, -0.1) is 0 Å². The maximum atomic E-state index is 12.8. The molecule has 8 nitrogen and oxygen atoms in total. The molecule has 4 amide bonds. The molecular formula is C24H21N3O5. The molecule has 0 saturated carbocycles. The summed E-state index contributed by atoms with van der Waals surface area (Å²) in [5.74, 6) is -0.536. The average molecular weight is 431 g/mol. The second kappa shape index (κ2) is 7.64. The third-order valence-electron chi connectivity index (χ3n) is 5.96. The molecule has 3 heterocycles. The van der Waals surface area contributed by atoms with Crippen molar-refractivity contribution in [2.75, 3.05) is 11.9 Å². The Hall–Kier alpha value is -3.94. The largest absolute Gasteiger partial charge is 0.488 e. The van der Waals surface area contributed by atoms with Crippen LogP contribution in [0.1, 0.15) is 39.9 Å². The molecule has 0 radical (unpaired) electrons. The van der Waals surface area contributed by atoms with Crippen LogP contribution in [-0.2, 0) is 20.9 Å². The first-order valence-electron chi connectivity index (χ1n) is 10.4. The summed E-state index contributed by atoms with van der Waals surface area (Å²) in [6.45, 7) is 2.41. The number of rotatable bonds is 3. The Labute approximate surface area is 184 Å². The summed E-state index contributed by atoms with van der Waals surface area (Å²) >= 11 is 0. The molecule has 3 aliphatic heterocycles. The maximum absolute atomic E-state index is 12.8. The van der Waals surface area contributed by atoms with Gasteiger partial charge in [0.1, 0.15) is 18.4 Å². The first-order chi connectivity index (χ1) is 15.4. The topological polar surface area (TPSA) is 105 Å². The van der Waals surface area contributed by atoms with Crippen molar-refractivity contribution >= 4 is 35.4 Å². The number of anilines is 1. The molecular weight excluding hydrogens is 410 g/mol. The molecule has 2 N–H and O–H groups in total. The van der Waals surface area contributed by atoms with E-state index in [1.807, 2.05) is 31.2 Å². The minimum Gasteiger partial charge on any atom is -0.488 e. The van der Waals surface area contributed by atoms with Crippen molar-refractivity contribution in [1.29, 1.82) is 0 Å². The van der Waals surface area contributed by atoms with E-state index in [2.05, 4.69) is 10.6 Å². The fraction of sp³-hybridized carbons (Fsp3) is 0.250. The van der Waals surface area contributed by atoms with Gasteiger partial charge in [0.05, 0.1) is 5.57 Å². The van der Waals surface area contributed by atoms with Crippen molar-refractivity contribution in [3.8, 4) is 5.75 Å². The molecule has 1 fully saturated rings. The second-order valence-corrected chi connectivity index (χ2v) is 8.23. The number of amides is 4. The Morgan fingerprint density at radius 3 is 2.81 bits per heavy atom. The third kappa shape index (κ3) is 3.53. The monoisotopic (exact) mass is 431 g/mol. The van der Waals surface area contributed by atoms with Crippen LogP contribution in [0.5, 0.6) is 5.75 Å². The van der Waals surface area contributed by atoms with Crippen LogP contribution >= 0.6 is 0 Å². The van der Waals surface area contributed by atoms with E-state index in [4.69, 9.17) is 4.74 Å². The number of nitrogens with zero attached hydrogens (tertiary/aromatic N) is 1. The van der Waals surface area contributed by atoms with Crippen molar-refractivity contribution in [2.45, 2.75) is 32.4 Å². The van der Waals surface area contributed by atoms with Gasteiger partial charge in [-0.2, -0.15) is 0 Å². The van der Waals surface area contributed by atoms with E-state index in [1.54, 1.807) is 18.2 Å². The number of aryl methyl sites for hydroxylation is 1. The smallest absolute Gasteiger partial charge is 0.255 e. The zero-order valence-electron chi connectivity index (χ0n) is 17.4. The first-order valence-corrected chi connectivity index (χ1v) is 10.4. The van der Waals surface area contributed by atoms with Crippen molar-refractivity contribution in [3.63, 3.8) is 0 Å². The van der Waals surface area contributed by atoms with E-state index in [-0.39, 0.29) is 37.3 Å². The lowest BCUT2D eigenvalue weighted by molar-refractivity contribution is -0.136. The lowest BCUT2D eigenvalue weighted by Crippen LogP contribution is -2.52. The predicted molar refractivity (Wildman–Crippen MR) is 116 cm³/mol. The first kappa shape index (κ1) is 20.0. The average Bonchev–Trinajstić information content (AvgIpc) is 3.09. The van der Waals surface area contributed by atoms with Gasteiger partial charge in [-0.25, -0.2) is 0 Å². The Kier molecular flexibility index (Phi) is 4.77. The molecule has 0 bridgehead atoms. The van der Waals surface area contributed by atoms with Gasteiger partial charge in [0, 0.05) is 29.8 Å². The van der Waals surface area contributed by atoms with Crippen molar-refractivity contribution in [2.24, 2.45) is 0 Å². The van der Waals surface area contributed by atoms with Crippen molar-refractivity contribution in [3.05, 3.63) is 64.2 Å². The molecule has 0 aromatic heterocycles. The fourth-order valence-electron chi connectivity index (χ4n) is 4.27. The molecule has 1 atom stereocenters. The standard InChI is InChI=1S/C24H21N3O5/c1-13-2-3-14-9-16(12-32-20(14)8-13)22(29)25-17-4-5-18-15(10-17)11-27(24(18)31)19-6-7-21(28)26-23(19)30/h2-5,8-10,19H,6-7,11-12H2,1H3,(H,25,29)(H,26,28,30). The van der Waals surface area contributed by atoms with Gasteiger partial charge in [-0.1, -0.05) is 12.1 Å². The van der Waals surface area contributed by atoms with Crippen molar-refractivity contribution < 1.29 is 23.9 Å². The SMILES string of the molecule is Cc1ccc2c(c1)OCC(C(=O)Nc1ccc3c(c1)CN(C1CCC(=O)NC1=O)C3=O)=C2. The quantitative estimate of drug-likeness (QED) is 0.725. The highest BCUT2D eigenvalue weighted by Gasteiger charge is 2.39. The van der Waals surface area contributed by atoms with Gasteiger partial charge in [-0.05, 0) is 54.8 Å². The van der Waals surface area contributed by atoms with E-state index in [1.165, 1.54) is 4.90 Å². The van der Waals surface area contributed by atoms with Crippen LogP contribution in [0.3, 0.4) is 0 Å². The van der Waals surface area contributed by atoms with E-state index in [9.17, 15) is 19.2 Å². The minimum absolute atomic E-state index is 0.176. The summed E-state index contributed by atoms with van der Waals surface area (Å²) in [4.78, 5) is 50.6. The summed E-state index contributed by atoms with van der Waals surface area (Å²) in [5, 5.41) is 5.16. The molecule has 0 aliphatic carbocycles. The number of nitrogens with one attached hydrogen (secondary N) is 2.